The van der Waals surface area contributed by atoms with Gasteiger partial charge in [-0.25, -0.2) is 4.39 Å². The molecule has 4 aliphatic rings. The van der Waals surface area contributed by atoms with Crippen LogP contribution in [0, 0.1) is 29.5 Å². The van der Waals surface area contributed by atoms with Gasteiger partial charge in [-0.1, -0.05) is 59.6 Å². The van der Waals surface area contributed by atoms with E-state index < -0.39 is 52.6 Å². The number of anilines is 1. The summed E-state index contributed by atoms with van der Waals surface area (Å²) in [6, 6.07) is 23.2. The number of hydrazine groups is 1. The van der Waals surface area contributed by atoms with Crippen molar-refractivity contribution in [3.05, 3.63) is 129 Å². The summed E-state index contributed by atoms with van der Waals surface area (Å²) in [4.78, 5) is 60.5. The summed E-state index contributed by atoms with van der Waals surface area (Å²) in [6.07, 6.45) is 2.41. The molecule has 9 nitrogen and oxygen atoms in total. The van der Waals surface area contributed by atoms with Crippen molar-refractivity contribution in [2.45, 2.75) is 30.7 Å². The minimum atomic E-state index is -1.54. The molecule has 8 rings (SSSR count). The highest BCUT2D eigenvalue weighted by Crippen LogP contribution is 2.65. The van der Waals surface area contributed by atoms with Crippen molar-refractivity contribution in [1.82, 2.24) is 9.91 Å². The molecular weight excluding hydrogens is 693 g/mol. The predicted molar refractivity (Wildman–Crippen MR) is 188 cm³/mol. The number of aliphatic hydroxyl groups is 1. The topological polar surface area (TPSA) is 116 Å². The molecule has 12 heteroatoms. The number of carbonyl (C=O) groups excluding carboxylic acids is 4. The van der Waals surface area contributed by atoms with E-state index in [4.69, 9.17) is 16.3 Å². The zero-order valence-corrected chi connectivity index (χ0v) is 28.8. The van der Waals surface area contributed by atoms with E-state index in [0.29, 0.717) is 34.0 Å². The maximum atomic E-state index is 15.3. The Hall–Kier alpha value is -4.84. The second-order valence-corrected chi connectivity index (χ2v) is 14.8. The number of hydrogen-bond acceptors (Lipinski definition) is 8. The summed E-state index contributed by atoms with van der Waals surface area (Å²) in [5, 5.41) is 13.1. The molecule has 1 aromatic heterocycles. The molecule has 2 saturated heterocycles. The highest BCUT2D eigenvalue weighted by atomic mass is 35.5. The van der Waals surface area contributed by atoms with E-state index in [-0.39, 0.29) is 38.0 Å². The van der Waals surface area contributed by atoms with Crippen molar-refractivity contribution in [2.75, 3.05) is 18.6 Å². The number of likely N-dealkylation sites (tertiary alicyclic amines) is 1. The first-order valence-corrected chi connectivity index (χ1v) is 18.1. The maximum Gasteiger partial charge on any atom is 0.260 e. The van der Waals surface area contributed by atoms with Crippen LogP contribution in [0.1, 0.15) is 34.8 Å². The van der Waals surface area contributed by atoms with Gasteiger partial charge in [-0.2, -0.15) is 5.01 Å². The number of thiophene rings is 1. The number of carbonyl (C=O) groups is 4. The first-order chi connectivity index (χ1) is 24.7. The SMILES string of the molecule is O=C1C2CC=C3C(CC4C(=O)N(Nc5ccc(F)cc5)C(=O)C4(c4ccc(Cl)cc4)C3c3ccccc3OCCO)C2C(=O)N1Cc1cccs1. The predicted octanol–water partition coefficient (Wildman–Crippen LogP) is 6.10. The van der Waals surface area contributed by atoms with Crippen molar-refractivity contribution in [2.24, 2.45) is 23.7 Å². The highest BCUT2D eigenvalue weighted by Gasteiger charge is 2.70. The number of fused-ring (bicyclic) bond motifs is 4. The lowest BCUT2D eigenvalue weighted by molar-refractivity contribution is -0.141. The molecule has 3 aromatic carbocycles. The molecule has 0 spiro atoms. The van der Waals surface area contributed by atoms with Gasteiger partial charge in [-0.15, -0.1) is 11.3 Å². The Labute approximate surface area is 302 Å². The van der Waals surface area contributed by atoms with Gasteiger partial charge in [0.2, 0.25) is 11.8 Å². The highest BCUT2D eigenvalue weighted by molar-refractivity contribution is 7.09. The number of amides is 4. The van der Waals surface area contributed by atoms with Gasteiger partial charge >= 0.3 is 0 Å². The van der Waals surface area contributed by atoms with E-state index in [1.807, 2.05) is 35.7 Å². The van der Waals surface area contributed by atoms with Gasteiger partial charge in [-0.05, 0) is 78.2 Å². The smallest absolute Gasteiger partial charge is 0.260 e. The lowest BCUT2D eigenvalue weighted by Crippen LogP contribution is -2.53. The second-order valence-electron chi connectivity index (χ2n) is 13.3. The van der Waals surface area contributed by atoms with Crippen LogP contribution in [0.15, 0.2) is 102 Å². The fourth-order valence-corrected chi connectivity index (χ4v) is 9.60. The van der Waals surface area contributed by atoms with E-state index in [2.05, 4.69) is 5.43 Å². The number of nitrogens with zero attached hydrogens (tertiary/aromatic N) is 2. The van der Waals surface area contributed by atoms with Crippen LogP contribution in [0.2, 0.25) is 5.02 Å². The molecule has 6 atom stereocenters. The fourth-order valence-electron chi connectivity index (χ4n) is 8.79. The molecule has 0 bridgehead atoms. The number of ether oxygens (including phenoxy) is 1. The molecule has 260 valence electrons. The number of halogens is 2. The van der Waals surface area contributed by atoms with E-state index in [1.54, 1.807) is 36.4 Å². The molecule has 2 aliphatic heterocycles. The number of imide groups is 2. The Kier molecular flexibility index (Phi) is 8.52. The number of nitrogens with one attached hydrogen (secondary N) is 1. The first-order valence-electron chi connectivity index (χ1n) is 16.8. The van der Waals surface area contributed by atoms with E-state index in [9.17, 15) is 23.9 Å². The van der Waals surface area contributed by atoms with Gasteiger partial charge in [0.05, 0.1) is 42.0 Å². The summed E-state index contributed by atoms with van der Waals surface area (Å²) in [5.41, 5.74) is 3.70. The third-order valence-corrected chi connectivity index (χ3v) is 11.9. The number of rotatable bonds is 9. The van der Waals surface area contributed by atoms with Crippen LogP contribution in [0.5, 0.6) is 5.75 Å². The van der Waals surface area contributed by atoms with Crippen LogP contribution >= 0.6 is 22.9 Å². The van der Waals surface area contributed by atoms with Gasteiger partial charge in [0.1, 0.15) is 18.2 Å². The zero-order valence-electron chi connectivity index (χ0n) is 27.2. The van der Waals surface area contributed by atoms with Crippen molar-refractivity contribution in [3.63, 3.8) is 0 Å². The molecule has 6 unspecified atom stereocenters. The van der Waals surface area contributed by atoms with E-state index in [1.165, 1.54) is 40.5 Å². The van der Waals surface area contributed by atoms with Crippen molar-refractivity contribution in [1.29, 1.82) is 0 Å². The number of hydrogen-bond donors (Lipinski definition) is 2. The molecule has 1 saturated carbocycles. The summed E-state index contributed by atoms with van der Waals surface area (Å²) in [6.45, 7) is -0.0802. The van der Waals surface area contributed by atoms with Crippen LogP contribution in [0.25, 0.3) is 0 Å². The van der Waals surface area contributed by atoms with Crippen LogP contribution in [0.4, 0.5) is 10.1 Å². The van der Waals surface area contributed by atoms with Gasteiger partial charge in [0.15, 0.2) is 0 Å². The lowest BCUT2D eigenvalue weighted by Gasteiger charge is -2.50. The zero-order chi connectivity index (χ0) is 35.4. The average Bonchev–Trinajstić information content (AvgIpc) is 3.80. The lowest BCUT2D eigenvalue weighted by atomic mass is 9.49. The summed E-state index contributed by atoms with van der Waals surface area (Å²) in [5.74, 6) is -5.27. The maximum absolute atomic E-state index is 15.3. The van der Waals surface area contributed by atoms with Crippen molar-refractivity contribution in [3.8, 4) is 5.75 Å². The Balaban J connectivity index is 1.32. The standard InChI is InChI=1S/C39H33ClFN3O6S/c40-23-9-7-22(8-10-23)39-31(36(47)44(38(39)49)42-25-13-11-24(41)12-14-25)20-30-27(34(39)28-5-1-2-6-32(28)50-18-17-45)15-16-29-33(30)37(48)43(35(29)46)21-26-4-3-19-51-26/h1-15,19,29-31,33-34,42,45H,16-18,20-21H2. The molecular formula is C39H33ClFN3O6S. The number of allylic oxidation sites excluding steroid dienone is 2. The minimum Gasteiger partial charge on any atom is -0.491 e. The van der Waals surface area contributed by atoms with Crippen LogP contribution in [-0.4, -0.2) is 51.9 Å². The van der Waals surface area contributed by atoms with E-state index in [0.717, 1.165) is 15.5 Å². The van der Waals surface area contributed by atoms with Gasteiger partial charge in [0.25, 0.3) is 11.8 Å². The third kappa shape index (κ3) is 5.29. The minimum absolute atomic E-state index is 0.00985. The Morgan fingerprint density at radius 3 is 2.41 bits per heavy atom. The first kappa shape index (κ1) is 33.3. The quantitative estimate of drug-likeness (QED) is 0.158. The van der Waals surface area contributed by atoms with Gasteiger partial charge in [0, 0.05) is 21.4 Å². The van der Waals surface area contributed by atoms with Crippen molar-refractivity contribution >= 4 is 52.3 Å². The van der Waals surface area contributed by atoms with Gasteiger partial charge < -0.3 is 9.84 Å². The summed E-state index contributed by atoms with van der Waals surface area (Å²) < 4.78 is 19.9. The largest absolute Gasteiger partial charge is 0.491 e. The third-order valence-electron chi connectivity index (χ3n) is 10.8. The Morgan fingerprint density at radius 1 is 0.922 bits per heavy atom. The van der Waals surface area contributed by atoms with Crippen LogP contribution in [-0.2, 0) is 31.1 Å². The molecule has 51 heavy (non-hydrogen) atoms. The monoisotopic (exact) mass is 725 g/mol. The molecule has 4 amide bonds. The normalized spacial score (nSPS) is 26.9. The van der Waals surface area contributed by atoms with Crippen molar-refractivity contribution < 1.29 is 33.4 Å². The van der Waals surface area contributed by atoms with Crippen LogP contribution < -0.4 is 10.2 Å². The fraction of sp³-hybridized carbons (Fsp3) is 0.282. The second kappa shape index (κ2) is 13.0. The molecule has 4 aromatic rings. The van der Waals surface area contributed by atoms with E-state index >= 15 is 4.79 Å². The summed E-state index contributed by atoms with van der Waals surface area (Å²) in [7, 11) is 0. The van der Waals surface area contributed by atoms with Crippen LogP contribution in [0.3, 0.4) is 0 Å². The Morgan fingerprint density at radius 2 is 1.69 bits per heavy atom. The Bertz CT molecular complexity index is 2060. The molecule has 0 radical (unpaired) electrons. The summed E-state index contributed by atoms with van der Waals surface area (Å²) >= 11 is 7.85. The van der Waals surface area contributed by atoms with Gasteiger partial charge in [-0.3, -0.25) is 29.5 Å². The number of aliphatic hydroxyl groups excluding tert-OH is 1. The number of para-hydroxylation sites is 1. The molecule has 2 N–H and O–H groups in total. The molecule has 3 fully saturated rings. The number of benzene rings is 3. The molecule has 3 heterocycles. The molecule has 2 aliphatic carbocycles. The average molecular weight is 726 g/mol.